The highest BCUT2D eigenvalue weighted by atomic mass is 79.9. The van der Waals surface area contributed by atoms with Gasteiger partial charge in [0.2, 0.25) is 0 Å². The van der Waals surface area contributed by atoms with Crippen LogP contribution in [-0.2, 0) is 0 Å². The van der Waals surface area contributed by atoms with Crippen LogP contribution in [0.4, 0.5) is 0 Å². The van der Waals surface area contributed by atoms with Gasteiger partial charge >= 0.3 is 7.12 Å². The van der Waals surface area contributed by atoms with Crippen LogP contribution < -0.4 is 5.46 Å². The molecule has 0 fully saturated rings. The molecule has 0 aliphatic heterocycles. The molecule has 0 aliphatic rings. The Bertz CT molecular complexity index is 471. The molecule has 2 N–H and O–H groups in total. The van der Waals surface area contributed by atoms with Gasteiger partial charge in [0.1, 0.15) is 0 Å². The van der Waals surface area contributed by atoms with E-state index in [1.807, 2.05) is 30.3 Å². The molecule has 0 amide bonds. The maximum absolute atomic E-state index is 9.09. The second-order valence-corrected chi connectivity index (χ2v) is 3.86. The van der Waals surface area contributed by atoms with E-state index in [4.69, 9.17) is 10.0 Å². The largest absolute Gasteiger partial charge is 0.489 e. The zero-order chi connectivity index (χ0) is 10.1. The molecule has 2 aromatic carbocycles. The van der Waals surface area contributed by atoms with E-state index in [9.17, 15) is 0 Å². The van der Waals surface area contributed by atoms with Gasteiger partial charge in [0.25, 0.3) is 0 Å². The van der Waals surface area contributed by atoms with Crippen molar-refractivity contribution in [3.8, 4) is 0 Å². The molecule has 0 aliphatic carbocycles. The summed E-state index contributed by atoms with van der Waals surface area (Å²) in [7, 11) is -1.44. The van der Waals surface area contributed by atoms with E-state index in [1.165, 1.54) is 0 Å². The molecule has 0 saturated carbocycles. The Balaban J connectivity index is 2.75. The molecule has 0 spiro atoms. The van der Waals surface area contributed by atoms with Crippen LogP contribution in [0.5, 0.6) is 0 Å². The summed E-state index contributed by atoms with van der Waals surface area (Å²) in [5, 5.41) is 20.2. The van der Waals surface area contributed by atoms with E-state index in [0.29, 0.717) is 5.46 Å². The van der Waals surface area contributed by atoms with Gasteiger partial charge in [0, 0.05) is 4.47 Å². The fourth-order valence-corrected chi connectivity index (χ4v) is 2.15. The van der Waals surface area contributed by atoms with E-state index < -0.39 is 7.12 Å². The molecule has 0 radical (unpaired) electrons. The third-order valence-electron chi connectivity index (χ3n) is 2.17. The van der Waals surface area contributed by atoms with E-state index in [-0.39, 0.29) is 0 Å². The van der Waals surface area contributed by atoms with Gasteiger partial charge in [0.15, 0.2) is 0 Å². The fraction of sp³-hybridized carbons (Fsp3) is 0. The molecule has 0 heterocycles. The highest BCUT2D eigenvalue weighted by molar-refractivity contribution is 9.10. The van der Waals surface area contributed by atoms with Crippen molar-refractivity contribution >= 4 is 39.3 Å². The fourth-order valence-electron chi connectivity index (χ4n) is 1.45. The Kier molecular flexibility index (Phi) is 2.59. The van der Waals surface area contributed by atoms with Crippen LogP contribution in [0.15, 0.2) is 40.9 Å². The summed E-state index contributed by atoms with van der Waals surface area (Å²) in [5.74, 6) is 0. The number of benzene rings is 2. The van der Waals surface area contributed by atoms with E-state index >= 15 is 0 Å². The lowest BCUT2D eigenvalue weighted by Gasteiger charge is -2.06. The predicted molar refractivity (Wildman–Crippen MR) is 61.5 cm³/mol. The first-order chi connectivity index (χ1) is 6.70. The van der Waals surface area contributed by atoms with Crippen LogP contribution in [0.3, 0.4) is 0 Å². The van der Waals surface area contributed by atoms with Crippen LogP contribution in [0.1, 0.15) is 0 Å². The van der Waals surface area contributed by atoms with Crippen molar-refractivity contribution in [3.05, 3.63) is 40.9 Å². The zero-order valence-corrected chi connectivity index (χ0v) is 8.90. The highest BCUT2D eigenvalue weighted by Gasteiger charge is 2.15. The average molecular weight is 251 g/mol. The van der Waals surface area contributed by atoms with Crippen LogP contribution >= 0.6 is 15.9 Å². The van der Waals surface area contributed by atoms with Crippen molar-refractivity contribution in [1.82, 2.24) is 0 Å². The number of halogens is 1. The summed E-state index contributed by atoms with van der Waals surface area (Å²) >= 11 is 3.36. The number of fused-ring (bicyclic) bond motifs is 1. The van der Waals surface area contributed by atoms with Gasteiger partial charge in [0.05, 0.1) is 0 Å². The first kappa shape index (κ1) is 9.71. The summed E-state index contributed by atoms with van der Waals surface area (Å²) in [6.45, 7) is 0. The number of hydrogen-bond acceptors (Lipinski definition) is 2. The third-order valence-corrected chi connectivity index (χ3v) is 3.06. The summed E-state index contributed by atoms with van der Waals surface area (Å²) in [6, 6.07) is 11.4. The summed E-state index contributed by atoms with van der Waals surface area (Å²) in [4.78, 5) is 0. The highest BCUT2D eigenvalue weighted by Crippen LogP contribution is 2.21. The third kappa shape index (κ3) is 1.56. The molecular formula is C10H8BBrO2. The van der Waals surface area contributed by atoms with Crippen molar-refractivity contribution < 1.29 is 10.0 Å². The molecular weight excluding hydrogens is 243 g/mol. The first-order valence-corrected chi connectivity index (χ1v) is 5.03. The molecule has 4 heteroatoms. The van der Waals surface area contributed by atoms with Crippen molar-refractivity contribution in [2.45, 2.75) is 0 Å². The zero-order valence-electron chi connectivity index (χ0n) is 7.31. The normalized spacial score (nSPS) is 10.5. The topological polar surface area (TPSA) is 40.5 Å². The Morgan fingerprint density at radius 1 is 1.00 bits per heavy atom. The molecule has 0 unspecified atom stereocenters. The minimum Gasteiger partial charge on any atom is -0.423 e. The van der Waals surface area contributed by atoms with Crippen LogP contribution in [0.2, 0.25) is 0 Å². The molecule has 0 saturated heterocycles. The molecule has 0 aromatic heterocycles. The molecule has 2 nitrogen and oxygen atoms in total. The van der Waals surface area contributed by atoms with Crippen LogP contribution in [0.25, 0.3) is 10.8 Å². The Morgan fingerprint density at radius 2 is 1.71 bits per heavy atom. The van der Waals surface area contributed by atoms with Crippen molar-refractivity contribution in [2.75, 3.05) is 0 Å². The van der Waals surface area contributed by atoms with Crippen LogP contribution in [-0.4, -0.2) is 17.2 Å². The van der Waals surface area contributed by atoms with Gasteiger partial charge in [-0.05, 0) is 16.2 Å². The number of rotatable bonds is 1. The minimum absolute atomic E-state index is 0.490. The molecule has 14 heavy (non-hydrogen) atoms. The van der Waals surface area contributed by atoms with Crippen LogP contribution in [0, 0.1) is 0 Å². The van der Waals surface area contributed by atoms with Crippen molar-refractivity contribution in [3.63, 3.8) is 0 Å². The second-order valence-electron chi connectivity index (χ2n) is 3.06. The predicted octanol–water partition coefficient (Wildman–Crippen LogP) is 1.28. The standard InChI is InChI=1S/C10H8BBrO2/c12-10-8-4-2-1-3-7(8)5-6-9(10)11(13)14/h1-6,13-14H. The monoisotopic (exact) mass is 250 g/mol. The Labute approximate surface area is 90.5 Å². The van der Waals surface area contributed by atoms with Gasteiger partial charge in [-0.15, -0.1) is 0 Å². The average Bonchev–Trinajstić information content (AvgIpc) is 2.18. The molecule has 70 valence electrons. The number of hydrogen-bond donors (Lipinski definition) is 2. The van der Waals surface area contributed by atoms with Gasteiger partial charge in [-0.25, -0.2) is 0 Å². The van der Waals surface area contributed by atoms with Gasteiger partial charge in [-0.3, -0.25) is 0 Å². The molecule has 2 aromatic rings. The Hall–Kier alpha value is -0.835. The maximum Gasteiger partial charge on any atom is 0.489 e. The Morgan fingerprint density at radius 3 is 2.43 bits per heavy atom. The molecule has 0 atom stereocenters. The molecule has 0 bridgehead atoms. The van der Waals surface area contributed by atoms with Gasteiger partial charge < -0.3 is 10.0 Å². The van der Waals surface area contributed by atoms with E-state index in [0.717, 1.165) is 15.2 Å². The maximum atomic E-state index is 9.09. The van der Waals surface area contributed by atoms with Gasteiger partial charge in [-0.1, -0.05) is 52.3 Å². The summed E-state index contributed by atoms with van der Waals surface area (Å²) in [5.41, 5.74) is 0.490. The second kappa shape index (κ2) is 3.73. The quantitative estimate of drug-likeness (QED) is 0.749. The van der Waals surface area contributed by atoms with E-state index in [1.54, 1.807) is 6.07 Å². The van der Waals surface area contributed by atoms with E-state index in [2.05, 4.69) is 15.9 Å². The molecule has 2 rings (SSSR count). The van der Waals surface area contributed by atoms with Crippen molar-refractivity contribution in [2.24, 2.45) is 0 Å². The minimum atomic E-state index is -1.44. The lowest BCUT2D eigenvalue weighted by Crippen LogP contribution is -2.30. The van der Waals surface area contributed by atoms with Crippen molar-refractivity contribution in [1.29, 1.82) is 0 Å². The lowest BCUT2D eigenvalue weighted by molar-refractivity contribution is 0.425. The smallest absolute Gasteiger partial charge is 0.423 e. The lowest BCUT2D eigenvalue weighted by atomic mass is 9.79. The summed E-state index contributed by atoms with van der Waals surface area (Å²) < 4.78 is 0.741. The SMILES string of the molecule is OB(O)c1ccc2ccccc2c1Br. The van der Waals surface area contributed by atoms with Gasteiger partial charge in [-0.2, -0.15) is 0 Å². The first-order valence-electron chi connectivity index (χ1n) is 4.23. The summed E-state index contributed by atoms with van der Waals surface area (Å²) in [6.07, 6.45) is 0.